The van der Waals surface area contributed by atoms with E-state index >= 15 is 0 Å². The summed E-state index contributed by atoms with van der Waals surface area (Å²) in [5.41, 5.74) is 0. The van der Waals surface area contributed by atoms with E-state index in [0.29, 0.717) is 0 Å². The van der Waals surface area contributed by atoms with E-state index in [4.69, 9.17) is 5.21 Å². The second kappa shape index (κ2) is 1.18. The topological polar surface area (TPSA) is 46.5 Å². The van der Waals surface area contributed by atoms with Gasteiger partial charge in [-0.2, -0.15) is 0 Å². The molecule has 6 heavy (non-hydrogen) atoms. The van der Waals surface area contributed by atoms with Crippen molar-refractivity contribution in [3.05, 3.63) is 5.21 Å². The van der Waals surface area contributed by atoms with Gasteiger partial charge in [0, 0.05) is 6.04 Å². The molecule has 1 aliphatic carbocycles. The molecule has 0 atom stereocenters. The Morgan fingerprint density at radius 2 is 2.17 bits per heavy atom. The molecular weight excluding hydrogens is 82.0 g/mol. The zero-order valence-electron chi connectivity index (χ0n) is 3.29. The molecule has 0 spiro atoms. The van der Waals surface area contributed by atoms with Crippen LogP contribution in [0.5, 0.6) is 0 Å². The monoisotopic (exact) mass is 88.0 g/mol. The molecule has 0 radical (unpaired) electrons. The molecule has 3 nitrogen and oxygen atoms in total. The van der Waals surface area contributed by atoms with Gasteiger partial charge < -0.3 is 10.4 Å². The van der Waals surface area contributed by atoms with Gasteiger partial charge in [-0.25, -0.2) is 0 Å². The highest BCUT2D eigenvalue weighted by Crippen LogP contribution is 2.23. The smallest absolute Gasteiger partial charge is 0.0217 e. The molecule has 0 saturated heterocycles. The summed E-state index contributed by atoms with van der Waals surface area (Å²) in [7, 11) is 0. The summed E-state index contributed by atoms with van der Waals surface area (Å²) in [6, 6.07) is -0.0648. The molecule has 1 aliphatic rings. The molecule has 0 aromatic heterocycles. The zero-order chi connectivity index (χ0) is 4.57. The summed E-state index contributed by atoms with van der Waals surface area (Å²) in [4.78, 5) is 0. The van der Waals surface area contributed by atoms with Crippen molar-refractivity contribution < 1.29 is 5.21 Å². The highest BCUT2D eigenvalue weighted by Gasteiger charge is 2.21. The van der Waals surface area contributed by atoms with Gasteiger partial charge in [-0.05, 0) is 12.8 Å². The van der Waals surface area contributed by atoms with Crippen molar-refractivity contribution in [3.63, 3.8) is 0 Å². The van der Waals surface area contributed by atoms with Crippen LogP contribution in [0.1, 0.15) is 12.8 Å². The van der Waals surface area contributed by atoms with E-state index in [9.17, 15) is 5.21 Å². The molecule has 1 rings (SSSR count). The van der Waals surface area contributed by atoms with Crippen LogP contribution >= 0.6 is 0 Å². The molecule has 0 bridgehead atoms. The Balaban J connectivity index is 2.13. The van der Waals surface area contributed by atoms with Gasteiger partial charge in [-0.1, -0.05) is 0 Å². The third-order valence-electron chi connectivity index (χ3n) is 0.859. The van der Waals surface area contributed by atoms with Crippen molar-refractivity contribution in [1.82, 2.24) is 5.23 Å². The van der Waals surface area contributed by atoms with Crippen LogP contribution < -0.4 is 0 Å². The maximum absolute atomic E-state index is 9.68. The third kappa shape index (κ3) is 0.680. The van der Waals surface area contributed by atoms with Crippen molar-refractivity contribution >= 4 is 0 Å². The van der Waals surface area contributed by atoms with Gasteiger partial charge in [0.2, 0.25) is 0 Å². The quantitative estimate of drug-likeness (QED) is 0.470. The first-order valence-electron chi connectivity index (χ1n) is 1.96. The molecule has 0 aliphatic heterocycles. The van der Waals surface area contributed by atoms with E-state index < -0.39 is 0 Å². The maximum atomic E-state index is 9.68. The van der Waals surface area contributed by atoms with Gasteiger partial charge >= 0.3 is 0 Å². The largest absolute Gasteiger partial charge is 0.762 e. The van der Waals surface area contributed by atoms with Gasteiger partial charge in [0.05, 0.1) is 0 Å². The lowest BCUT2D eigenvalue weighted by molar-refractivity contribution is -0.0489. The first-order chi connectivity index (χ1) is 2.80. The van der Waals surface area contributed by atoms with Gasteiger partial charge in [0.25, 0.3) is 0 Å². The van der Waals surface area contributed by atoms with Crippen molar-refractivity contribution in [3.8, 4) is 0 Å². The van der Waals surface area contributed by atoms with E-state index in [1.807, 2.05) is 0 Å². The van der Waals surface area contributed by atoms with Crippen molar-refractivity contribution in [2.45, 2.75) is 18.9 Å². The zero-order valence-corrected chi connectivity index (χ0v) is 3.29. The molecular formula is C3H6NO2-. The van der Waals surface area contributed by atoms with E-state index in [1.165, 1.54) is 0 Å². The second-order valence-electron chi connectivity index (χ2n) is 1.53. The van der Waals surface area contributed by atoms with Crippen LogP contribution in [0.3, 0.4) is 0 Å². The summed E-state index contributed by atoms with van der Waals surface area (Å²) in [6.45, 7) is 0. The van der Waals surface area contributed by atoms with E-state index in [0.717, 1.165) is 12.8 Å². The van der Waals surface area contributed by atoms with Gasteiger partial charge in [-0.3, -0.25) is 5.23 Å². The molecule has 0 heterocycles. The average Bonchev–Trinajstić information content (AvgIpc) is 2.06. The molecule has 0 aromatic carbocycles. The van der Waals surface area contributed by atoms with Gasteiger partial charge in [-0.15, -0.1) is 0 Å². The molecule has 0 unspecified atom stereocenters. The van der Waals surface area contributed by atoms with Crippen molar-refractivity contribution in [2.24, 2.45) is 0 Å². The van der Waals surface area contributed by atoms with Crippen molar-refractivity contribution in [2.75, 3.05) is 0 Å². The van der Waals surface area contributed by atoms with Crippen LogP contribution in [-0.4, -0.2) is 16.5 Å². The number of rotatable bonds is 1. The van der Waals surface area contributed by atoms with Crippen LogP contribution in [0.4, 0.5) is 0 Å². The van der Waals surface area contributed by atoms with Crippen LogP contribution in [-0.2, 0) is 0 Å². The average molecular weight is 88.1 g/mol. The lowest BCUT2D eigenvalue weighted by Crippen LogP contribution is -2.11. The summed E-state index contributed by atoms with van der Waals surface area (Å²) in [5, 5.41) is 17.7. The number of hydroxylamine groups is 2. The maximum Gasteiger partial charge on any atom is 0.0217 e. The van der Waals surface area contributed by atoms with E-state index in [-0.39, 0.29) is 11.3 Å². The fraction of sp³-hybridized carbons (Fsp3) is 1.00. The highest BCUT2D eigenvalue weighted by atomic mass is 16.8. The standard InChI is InChI=1S/C3H6NO2/c5-4(6)3-1-2-3/h3,5H,1-2H2/q-1. The Kier molecular flexibility index (Phi) is 0.799. The predicted molar refractivity (Wildman–Crippen MR) is 20.0 cm³/mol. The van der Waals surface area contributed by atoms with Crippen LogP contribution in [0.2, 0.25) is 0 Å². The van der Waals surface area contributed by atoms with E-state index in [1.54, 1.807) is 0 Å². The summed E-state index contributed by atoms with van der Waals surface area (Å²) in [5.74, 6) is 0. The summed E-state index contributed by atoms with van der Waals surface area (Å²) in [6.07, 6.45) is 1.72. The summed E-state index contributed by atoms with van der Waals surface area (Å²) >= 11 is 0. The normalized spacial score (nSPS) is 22.5. The number of hydrogen-bond donors (Lipinski definition) is 1. The Morgan fingerprint density at radius 3 is 2.17 bits per heavy atom. The second-order valence-corrected chi connectivity index (χ2v) is 1.53. The fourth-order valence-electron chi connectivity index (χ4n) is 0.295. The van der Waals surface area contributed by atoms with Gasteiger partial charge in [0.15, 0.2) is 0 Å². The Hall–Kier alpha value is -0.120. The first kappa shape index (κ1) is 4.05. The van der Waals surface area contributed by atoms with Crippen LogP contribution in [0, 0.1) is 5.21 Å². The number of nitrogens with zero attached hydrogens (tertiary/aromatic N) is 1. The summed E-state index contributed by atoms with van der Waals surface area (Å²) < 4.78 is 0. The third-order valence-corrected chi connectivity index (χ3v) is 0.859. The predicted octanol–water partition coefficient (Wildman–Crippen LogP) is 0.338. The Labute approximate surface area is 35.7 Å². The molecule has 0 amide bonds. The fourth-order valence-corrected chi connectivity index (χ4v) is 0.295. The Bertz CT molecular complexity index is 50.8. The van der Waals surface area contributed by atoms with Crippen LogP contribution in [0.25, 0.3) is 0 Å². The molecule has 3 heteroatoms. The SMILES string of the molecule is [O-]N(O)C1CC1. The first-order valence-corrected chi connectivity index (χ1v) is 1.96. The molecule has 0 aromatic rings. The minimum Gasteiger partial charge on any atom is -0.762 e. The number of hydrogen-bond acceptors (Lipinski definition) is 3. The minimum absolute atomic E-state index is 0.0278. The van der Waals surface area contributed by atoms with Crippen molar-refractivity contribution in [1.29, 1.82) is 0 Å². The highest BCUT2D eigenvalue weighted by molar-refractivity contribution is 4.79. The molecule has 1 saturated carbocycles. The Morgan fingerprint density at radius 1 is 1.67 bits per heavy atom. The minimum atomic E-state index is -0.0648. The molecule has 1 fully saturated rings. The van der Waals surface area contributed by atoms with Gasteiger partial charge in [0.1, 0.15) is 0 Å². The molecule has 36 valence electrons. The lowest BCUT2D eigenvalue weighted by atomic mass is 10.8. The van der Waals surface area contributed by atoms with Crippen LogP contribution in [0.15, 0.2) is 0 Å². The lowest BCUT2D eigenvalue weighted by Gasteiger charge is -2.16. The molecule has 1 N–H and O–H groups in total. The van der Waals surface area contributed by atoms with E-state index in [2.05, 4.69) is 0 Å².